The smallest absolute Gasteiger partial charge is 0.182 e. The fraction of sp³-hybridized carbons (Fsp3) is 0.0625. The molecule has 2 N–H and O–H groups in total. The van der Waals surface area contributed by atoms with E-state index in [1.807, 2.05) is 30.3 Å². The van der Waals surface area contributed by atoms with Gasteiger partial charge in [-0.25, -0.2) is 0 Å². The Kier molecular flexibility index (Phi) is 5.63. The average Bonchev–Trinajstić information content (AvgIpc) is 2.50. The van der Waals surface area contributed by atoms with Crippen LogP contribution >= 0.6 is 23.8 Å². The Bertz CT molecular complexity index is 699. The molecule has 2 rings (SSSR count). The van der Waals surface area contributed by atoms with Gasteiger partial charge < -0.3 is 5.32 Å². The number of rotatable bonds is 5. The monoisotopic (exact) mass is 331 g/mol. The molecule has 0 saturated carbocycles. The Morgan fingerprint density at radius 2 is 1.68 bits per heavy atom. The third-order valence-corrected chi connectivity index (χ3v) is 3.27. The van der Waals surface area contributed by atoms with E-state index < -0.39 is 0 Å². The molecule has 0 heterocycles. The number of carbonyl (C=O) groups is 1. The summed E-state index contributed by atoms with van der Waals surface area (Å²) in [4.78, 5) is 12.0. The molecule has 0 atom stereocenters. The predicted octanol–water partition coefficient (Wildman–Crippen LogP) is 4.14. The fourth-order valence-corrected chi connectivity index (χ4v) is 2.08. The topological polar surface area (TPSA) is 53.5 Å². The van der Waals surface area contributed by atoms with E-state index in [9.17, 15) is 4.79 Å². The summed E-state index contributed by atoms with van der Waals surface area (Å²) in [5, 5.41) is 7.69. The van der Waals surface area contributed by atoms with Gasteiger partial charge in [0, 0.05) is 17.6 Å². The second-order valence-electron chi connectivity index (χ2n) is 4.46. The van der Waals surface area contributed by atoms with E-state index in [0.717, 1.165) is 11.4 Å². The Morgan fingerprint density at radius 3 is 2.27 bits per heavy atom. The van der Waals surface area contributed by atoms with Gasteiger partial charge in [-0.3, -0.25) is 10.2 Å². The number of nitrogens with zero attached hydrogens (tertiary/aromatic N) is 1. The van der Waals surface area contributed by atoms with Crippen LogP contribution in [0, 0.1) is 0 Å². The number of Topliss-reactive ketones (excluding diaryl/α,β-unsaturated/α-hetero) is 1. The average molecular weight is 332 g/mol. The zero-order valence-electron chi connectivity index (χ0n) is 11.8. The maximum Gasteiger partial charge on any atom is 0.182 e. The highest BCUT2D eigenvalue weighted by Gasteiger charge is 2.13. The first-order valence-corrected chi connectivity index (χ1v) is 7.31. The number of benzene rings is 2. The Morgan fingerprint density at radius 1 is 1.05 bits per heavy atom. The molecule has 0 radical (unpaired) electrons. The molecule has 4 nitrogen and oxygen atoms in total. The minimum absolute atomic E-state index is 0.161. The molecule has 112 valence electrons. The lowest BCUT2D eigenvalue weighted by Crippen LogP contribution is -2.27. The van der Waals surface area contributed by atoms with E-state index in [1.54, 1.807) is 24.3 Å². The third kappa shape index (κ3) is 4.65. The van der Waals surface area contributed by atoms with Crippen molar-refractivity contribution in [2.24, 2.45) is 5.10 Å². The predicted molar refractivity (Wildman–Crippen MR) is 95.9 cm³/mol. The number of hydrogen-bond donors (Lipinski definition) is 2. The summed E-state index contributed by atoms with van der Waals surface area (Å²) in [6.07, 6.45) is 0. The minimum atomic E-state index is -0.227. The number of hydrazone groups is 1. The summed E-state index contributed by atoms with van der Waals surface area (Å²) < 4.78 is 0. The van der Waals surface area contributed by atoms with Gasteiger partial charge in [-0.15, -0.1) is 0 Å². The molecule has 2 aromatic carbocycles. The number of hydrogen-bond acceptors (Lipinski definition) is 4. The summed E-state index contributed by atoms with van der Waals surface area (Å²) in [5.41, 5.74) is 4.49. The number of anilines is 2. The van der Waals surface area contributed by atoms with E-state index >= 15 is 0 Å². The van der Waals surface area contributed by atoms with Crippen LogP contribution in [0.5, 0.6) is 0 Å². The molecule has 0 saturated heterocycles. The summed E-state index contributed by atoms with van der Waals surface area (Å²) in [5.74, 6) is -0.227. The van der Waals surface area contributed by atoms with Crippen LogP contribution in [0.25, 0.3) is 0 Å². The first kappa shape index (κ1) is 16.1. The molecule has 6 heteroatoms. The summed E-state index contributed by atoms with van der Waals surface area (Å²) in [7, 11) is 0. The second-order valence-corrected chi connectivity index (χ2v) is 5.30. The van der Waals surface area contributed by atoms with Crippen molar-refractivity contribution >= 4 is 51.7 Å². The molecule has 22 heavy (non-hydrogen) atoms. The molecule has 0 spiro atoms. The van der Waals surface area contributed by atoms with Gasteiger partial charge in [-0.05, 0) is 36.4 Å². The molecule has 0 aliphatic rings. The van der Waals surface area contributed by atoms with E-state index in [2.05, 4.69) is 15.8 Å². The van der Waals surface area contributed by atoms with Crippen molar-refractivity contribution in [3.63, 3.8) is 0 Å². The van der Waals surface area contributed by atoms with E-state index in [0.29, 0.717) is 5.02 Å². The first-order valence-electron chi connectivity index (χ1n) is 6.53. The van der Waals surface area contributed by atoms with Gasteiger partial charge in [0.15, 0.2) is 11.5 Å². The highest BCUT2D eigenvalue weighted by atomic mass is 35.5. The van der Waals surface area contributed by atoms with Gasteiger partial charge in [0.1, 0.15) is 4.99 Å². The van der Waals surface area contributed by atoms with Crippen molar-refractivity contribution in [1.82, 2.24) is 0 Å². The maximum atomic E-state index is 11.7. The SMILES string of the molecule is CC(=O)/C(=N\Nc1ccccc1)C(=S)Nc1ccc(Cl)cc1. The summed E-state index contributed by atoms with van der Waals surface area (Å²) >= 11 is 11.1. The van der Waals surface area contributed by atoms with E-state index in [1.165, 1.54) is 6.92 Å². The van der Waals surface area contributed by atoms with Gasteiger partial charge in [0.05, 0.1) is 5.69 Å². The number of para-hydroxylation sites is 1. The van der Waals surface area contributed by atoms with Crippen LogP contribution in [-0.2, 0) is 4.79 Å². The second kappa shape index (κ2) is 7.68. The summed E-state index contributed by atoms with van der Waals surface area (Å²) in [6, 6.07) is 16.3. The van der Waals surface area contributed by atoms with Crippen LogP contribution in [0.2, 0.25) is 5.02 Å². The number of carbonyl (C=O) groups excluding carboxylic acids is 1. The Hall–Kier alpha value is -2.24. The van der Waals surface area contributed by atoms with Crippen LogP contribution in [0.15, 0.2) is 59.7 Å². The highest BCUT2D eigenvalue weighted by molar-refractivity contribution is 7.82. The van der Waals surface area contributed by atoms with Crippen molar-refractivity contribution < 1.29 is 4.79 Å². The minimum Gasteiger partial charge on any atom is -0.345 e. The maximum absolute atomic E-state index is 11.7. The van der Waals surface area contributed by atoms with Crippen molar-refractivity contribution in [3.8, 4) is 0 Å². The lowest BCUT2D eigenvalue weighted by atomic mass is 10.2. The zero-order valence-corrected chi connectivity index (χ0v) is 13.4. The van der Waals surface area contributed by atoms with Crippen LogP contribution in [0.4, 0.5) is 11.4 Å². The first-order chi connectivity index (χ1) is 10.6. The molecular weight excluding hydrogens is 318 g/mol. The Balaban J connectivity index is 2.11. The van der Waals surface area contributed by atoms with Gasteiger partial charge in [0.2, 0.25) is 0 Å². The number of thiocarbonyl (C=S) groups is 1. The third-order valence-electron chi connectivity index (χ3n) is 2.72. The number of ketones is 1. The van der Waals surface area contributed by atoms with Crippen molar-refractivity contribution in [3.05, 3.63) is 59.6 Å². The van der Waals surface area contributed by atoms with Crippen LogP contribution in [0.1, 0.15) is 6.92 Å². The highest BCUT2D eigenvalue weighted by Crippen LogP contribution is 2.14. The van der Waals surface area contributed by atoms with Gasteiger partial charge in [0.25, 0.3) is 0 Å². The number of halogens is 1. The Labute approximate surface area is 139 Å². The fourth-order valence-electron chi connectivity index (χ4n) is 1.65. The molecule has 0 fully saturated rings. The van der Waals surface area contributed by atoms with Crippen molar-refractivity contribution in [2.75, 3.05) is 10.7 Å². The van der Waals surface area contributed by atoms with Gasteiger partial charge in [-0.2, -0.15) is 5.10 Å². The van der Waals surface area contributed by atoms with Gasteiger partial charge >= 0.3 is 0 Å². The quantitative estimate of drug-likeness (QED) is 0.491. The van der Waals surface area contributed by atoms with Gasteiger partial charge in [-0.1, -0.05) is 42.0 Å². The largest absolute Gasteiger partial charge is 0.345 e. The van der Waals surface area contributed by atoms with Crippen molar-refractivity contribution in [2.45, 2.75) is 6.92 Å². The van der Waals surface area contributed by atoms with Crippen LogP contribution in [-0.4, -0.2) is 16.5 Å². The molecule has 2 aromatic rings. The molecule has 0 aromatic heterocycles. The van der Waals surface area contributed by atoms with Crippen LogP contribution in [0.3, 0.4) is 0 Å². The van der Waals surface area contributed by atoms with Crippen molar-refractivity contribution in [1.29, 1.82) is 0 Å². The van der Waals surface area contributed by atoms with E-state index in [-0.39, 0.29) is 16.5 Å². The molecule has 0 amide bonds. The molecule has 0 aliphatic heterocycles. The molecule has 0 aliphatic carbocycles. The molecular formula is C16H14ClN3OS. The number of nitrogens with one attached hydrogen (secondary N) is 2. The summed E-state index contributed by atoms with van der Waals surface area (Å²) in [6.45, 7) is 1.42. The lowest BCUT2D eigenvalue weighted by molar-refractivity contribution is -0.110. The zero-order chi connectivity index (χ0) is 15.9. The normalized spacial score (nSPS) is 10.9. The standard InChI is InChI=1S/C16H14ClN3OS/c1-11(21)15(20-19-14-5-3-2-4-6-14)16(22)18-13-9-7-12(17)8-10-13/h2-10,19H,1H3,(H,18,22)/b20-15+. The van der Waals surface area contributed by atoms with E-state index in [4.69, 9.17) is 23.8 Å². The van der Waals surface area contributed by atoms with Crippen LogP contribution < -0.4 is 10.7 Å². The molecule has 0 unspecified atom stereocenters. The molecule has 0 bridgehead atoms. The lowest BCUT2D eigenvalue weighted by Gasteiger charge is -2.09.